The first-order chi connectivity index (χ1) is 10.1. The van der Waals surface area contributed by atoms with E-state index in [1.807, 2.05) is 16.1 Å². The van der Waals surface area contributed by atoms with Crippen LogP contribution in [0.5, 0.6) is 0 Å². The van der Waals surface area contributed by atoms with Gasteiger partial charge in [-0.05, 0) is 29.5 Å². The van der Waals surface area contributed by atoms with Crippen molar-refractivity contribution in [3.05, 3.63) is 60.2 Å². The summed E-state index contributed by atoms with van der Waals surface area (Å²) in [5.74, 6) is 0.428. The molecule has 0 N–H and O–H groups in total. The molecule has 1 saturated heterocycles. The highest BCUT2D eigenvalue weighted by atomic mass is 127. The first-order valence-electron chi connectivity index (χ1n) is 7.28. The molecule has 21 heavy (non-hydrogen) atoms. The Morgan fingerprint density at radius 1 is 1.05 bits per heavy atom. The lowest BCUT2D eigenvalue weighted by molar-refractivity contribution is -0.125. The number of carbonyl (C=O) groups is 1. The zero-order chi connectivity index (χ0) is 14.8. The number of hydrogen-bond acceptors (Lipinski definition) is 1. The van der Waals surface area contributed by atoms with Crippen LogP contribution in [0.4, 0.5) is 0 Å². The largest absolute Gasteiger partial charge is 0.281 e. The van der Waals surface area contributed by atoms with Gasteiger partial charge in [-0.1, -0.05) is 61.5 Å². The fourth-order valence-corrected chi connectivity index (χ4v) is 3.79. The standard InChI is InChI=1S/C18H18INO/c1-13-11-17(20(19)18(13)21)12-14-7-9-16(10-8-14)15-5-3-2-4-6-15/h2-10,13,17H,11-12H2,1H3. The molecule has 2 nitrogen and oxygen atoms in total. The normalized spacial score (nSPS) is 21.8. The van der Waals surface area contributed by atoms with Crippen LogP contribution in [0.2, 0.25) is 0 Å². The Bertz CT molecular complexity index is 623. The maximum atomic E-state index is 11.9. The third-order valence-electron chi connectivity index (χ3n) is 4.11. The molecule has 3 rings (SSSR count). The van der Waals surface area contributed by atoms with Crippen LogP contribution in [-0.2, 0) is 11.2 Å². The molecule has 1 aliphatic heterocycles. The molecule has 0 aliphatic carbocycles. The van der Waals surface area contributed by atoms with Crippen molar-refractivity contribution in [2.24, 2.45) is 5.92 Å². The van der Waals surface area contributed by atoms with E-state index in [-0.39, 0.29) is 11.8 Å². The van der Waals surface area contributed by atoms with Gasteiger partial charge in [-0.3, -0.25) is 7.91 Å². The summed E-state index contributed by atoms with van der Waals surface area (Å²) < 4.78 is 1.88. The van der Waals surface area contributed by atoms with E-state index in [0.717, 1.165) is 12.8 Å². The molecule has 0 spiro atoms. The topological polar surface area (TPSA) is 20.3 Å². The summed E-state index contributed by atoms with van der Waals surface area (Å²) in [5, 5.41) is 0. The van der Waals surface area contributed by atoms with Crippen molar-refractivity contribution in [2.45, 2.75) is 25.8 Å². The van der Waals surface area contributed by atoms with Gasteiger partial charge in [0.05, 0.1) is 22.9 Å². The summed E-state index contributed by atoms with van der Waals surface area (Å²) in [6.07, 6.45) is 1.90. The molecule has 0 radical (unpaired) electrons. The molecule has 1 aliphatic rings. The number of hydrogen-bond donors (Lipinski definition) is 0. The SMILES string of the molecule is CC1CC(Cc2ccc(-c3ccccc3)cc2)N(I)C1=O. The molecule has 0 saturated carbocycles. The lowest BCUT2D eigenvalue weighted by Crippen LogP contribution is -2.25. The Kier molecular flexibility index (Phi) is 4.29. The van der Waals surface area contributed by atoms with E-state index >= 15 is 0 Å². The van der Waals surface area contributed by atoms with Gasteiger partial charge in [0.1, 0.15) is 0 Å². The summed E-state index contributed by atoms with van der Waals surface area (Å²) in [7, 11) is 0. The zero-order valence-corrected chi connectivity index (χ0v) is 14.2. The third-order valence-corrected chi connectivity index (χ3v) is 5.37. The lowest BCUT2D eigenvalue weighted by Gasteiger charge is -2.17. The van der Waals surface area contributed by atoms with Crippen molar-refractivity contribution >= 4 is 28.8 Å². The number of halogens is 1. The third kappa shape index (κ3) is 3.12. The van der Waals surface area contributed by atoms with E-state index in [9.17, 15) is 4.79 Å². The molecule has 2 aromatic carbocycles. The lowest BCUT2D eigenvalue weighted by atomic mass is 9.98. The number of rotatable bonds is 3. The monoisotopic (exact) mass is 391 g/mol. The predicted octanol–water partition coefficient (Wildman–Crippen LogP) is 4.48. The summed E-state index contributed by atoms with van der Waals surface area (Å²) in [6.45, 7) is 2.02. The molecule has 2 unspecified atom stereocenters. The molecule has 1 heterocycles. The molecular weight excluding hydrogens is 373 g/mol. The molecule has 108 valence electrons. The van der Waals surface area contributed by atoms with Crippen molar-refractivity contribution in [3.8, 4) is 11.1 Å². The second-order valence-corrected chi connectivity index (χ2v) is 6.75. The van der Waals surface area contributed by atoms with Gasteiger partial charge >= 0.3 is 0 Å². The number of amides is 1. The molecule has 0 bridgehead atoms. The van der Waals surface area contributed by atoms with Crippen LogP contribution >= 0.6 is 22.9 Å². The Morgan fingerprint density at radius 3 is 2.24 bits per heavy atom. The van der Waals surface area contributed by atoms with Crippen LogP contribution in [0.1, 0.15) is 18.9 Å². The van der Waals surface area contributed by atoms with Crippen LogP contribution in [0.15, 0.2) is 54.6 Å². The van der Waals surface area contributed by atoms with E-state index in [1.165, 1.54) is 16.7 Å². The first kappa shape index (κ1) is 14.6. The van der Waals surface area contributed by atoms with E-state index < -0.39 is 0 Å². The molecule has 2 aromatic rings. The quantitative estimate of drug-likeness (QED) is 0.558. The Hall–Kier alpha value is -1.36. The highest BCUT2D eigenvalue weighted by molar-refractivity contribution is 14.1. The van der Waals surface area contributed by atoms with Crippen molar-refractivity contribution in [1.82, 2.24) is 3.11 Å². The fourth-order valence-electron chi connectivity index (χ4n) is 2.89. The maximum Gasteiger partial charge on any atom is 0.234 e. The fraction of sp³-hybridized carbons (Fsp3) is 0.278. The second-order valence-electron chi connectivity index (χ2n) is 5.71. The van der Waals surface area contributed by atoms with E-state index in [4.69, 9.17) is 0 Å². The number of nitrogens with zero attached hydrogens (tertiary/aromatic N) is 1. The smallest absolute Gasteiger partial charge is 0.234 e. The van der Waals surface area contributed by atoms with Crippen molar-refractivity contribution in [1.29, 1.82) is 0 Å². The zero-order valence-electron chi connectivity index (χ0n) is 12.0. The van der Waals surface area contributed by atoms with Crippen LogP contribution < -0.4 is 0 Å². The number of benzene rings is 2. The minimum Gasteiger partial charge on any atom is -0.281 e. The minimum atomic E-state index is 0.162. The van der Waals surface area contributed by atoms with E-state index in [1.54, 1.807) is 0 Å². The molecule has 2 atom stereocenters. The summed E-state index contributed by atoms with van der Waals surface area (Å²) in [6, 6.07) is 19.4. The van der Waals surface area contributed by atoms with Gasteiger partial charge in [-0.25, -0.2) is 0 Å². The summed E-state index contributed by atoms with van der Waals surface area (Å²) >= 11 is 2.16. The summed E-state index contributed by atoms with van der Waals surface area (Å²) in [5.41, 5.74) is 3.77. The summed E-state index contributed by atoms with van der Waals surface area (Å²) in [4.78, 5) is 11.9. The average Bonchev–Trinajstić information content (AvgIpc) is 2.76. The van der Waals surface area contributed by atoms with Crippen LogP contribution in [0, 0.1) is 5.92 Å². The van der Waals surface area contributed by atoms with Crippen LogP contribution in [-0.4, -0.2) is 15.1 Å². The van der Waals surface area contributed by atoms with Crippen molar-refractivity contribution < 1.29 is 4.79 Å². The highest BCUT2D eigenvalue weighted by Crippen LogP contribution is 2.30. The Balaban J connectivity index is 1.72. The second kappa shape index (κ2) is 6.18. The van der Waals surface area contributed by atoms with E-state index in [2.05, 4.69) is 71.4 Å². The average molecular weight is 391 g/mol. The Labute approximate surface area is 139 Å². The van der Waals surface area contributed by atoms with Crippen molar-refractivity contribution in [3.63, 3.8) is 0 Å². The predicted molar refractivity (Wildman–Crippen MR) is 94.0 cm³/mol. The van der Waals surface area contributed by atoms with Crippen LogP contribution in [0.3, 0.4) is 0 Å². The van der Waals surface area contributed by atoms with Gasteiger partial charge in [0.15, 0.2) is 0 Å². The first-order valence-corrected chi connectivity index (χ1v) is 8.25. The van der Waals surface area contributed by atoms with Gasteiger partial charge in [-0.2, -0.15) is 0 Å². The van der Waals surface area contributed by atoms with E-state index in [0.29, 0.717) is 6.04 Å². The molecule has 1 amide bonds. The number of carbonyl (C=O) groups excluding carboxylic acids is 1. The van der Waals surface area contributed by atoms with Gasteiger partial charge in [-0.15, -0.1) is 0 Å². The molecule has 3 heteroatoms. The minimum absolute atomic E-state index is 0.162. The van der Waals surface area contributed by atoms with Gasteiger partial charge < -0.3 is 0 Å². The molecule has 1 fully saturated rings. The highest BCUT2D eigenvalue weighted by Gasteiger charge is 2.35. The molecule has 0 aromatic heterocycles. The van der Waals surface area contributed by atoms with Crippen molar-refractivity contribution in [2.75, 3.05) is 0 Å². The van der Waals surface area contributed by atoms with Gasteiger partial charge in [0.2, 0.25) is 5.91 Å². The Morgan fingerprint density at radius 2 is 1.67 bits per heavy atom. The maximum absolute atomic E-state index is 11.9. The molecular formula is C18H18INO. The van der Waals surface area contributed by atoms with Crippen LogP contribution in [0.25, 0.3) is 11.1 Å². The van der Waals surface area contributed by atoms with Gasteiger partial charge in [0, 0.05) is 12.0 Å². The van der Waals surface area contributed by atoms with Gasteiger partial charge in [0.25, 0.3) is 0 Å².